The first-order chi connectivity index (χ1) is 12.2. The van der Waals surface area contributed by atoms with Gasteiger partial charge in [-0.15, -0.1) is 0 Å². The molecule has 1 aliphatic heterocycles. The number of hydrogen-bond acceptors (Lipinski definition) is 7. The summed E-state index contributed by atoms with van der Waals surface area (Å²) in [5, 5.41) is 4.03. The van der Waals surface area contributed by atoms with Crippen molar-refractivity contribution in [1.82, 2.24) is 20.0 Å². The van der Waals surface area contributed by atoms with Crippen LogP contribution in [0.3, 0.4) is 0 Å². The van der Waals surface area contributed by atoms with Crippen LogP contribution < -0.4 is 4.74 Å². The van der Waals surface area contributed by atoms with Crippen molar-refractivity contribution >= 4 is 5.91 Å². The van der Waals surface area contributed by atoms with Crippen LogP contribution in [0.15, 0.2) is 45.7 Å². The van der Waals surface area contributed by atoms with Crippen molar-refractivity contribution in [1.29, 1.82) is 0 Å². The van der Waals surface area contributed by atoms with Gasteiger partial charge in [0.2, 0.25) is 5.88 Å². The Morgan fingerprint density at radius 1 is 1.36 bits per heavy atom. The number of methoxy groups -OCH3 is 1. The van der Waals surface area contributed by atoms with Crippen molar-refractivity contribution < 1.29 is 18.5 Å². The molecule has 25 heavy (non-hydrogen) atoms. The topological polar surface area (TPSA) is 94.5 Å². The highest BCUT2D eigenvalue weighted by Crippen LogP contribution is 2.28. The van der Waals surface area contributed by atoms with Gasteiger partial charge in [-0.25, -0.2) is 4.98 Å². The van der Waals surface area contributed by atoms with E-state index in [1.807, 2.05) is 0 Å². The third-order valence-corrected chi connectivity index (χ3v) is 4.21. The maximum Gasteiger partial charge on any atom is 0.293 e. The number of pyridine rings is 1. The Balaban J connectivity index is 1.45. The molecule has 1 atom stereocenters. The molecule has 3 aromatic heterocycles. The number of carbonyl (C=O) groups is 1. The number of nitrogens with zero attached hydrogens (tertiary/aromatic N) is 4. The molecule has 0 radical (unpaired) electrons. The van der Waals surface area contributed by atoms with Crippen molar-refractivity contribution in [3.05, 3.63) is 48.1 Å². The van der Waals surface area contributed by atoms with Crippen molar-refractivity contribution in [2.24, 2.45) is 0 Å². The molecular weight excluding hydrogens is 324 g/mol. The lowest BCUT2D eigenvalue weighted by Gasteiger charge is -2.15. The lowest BCUT2D eigenvalue weighted by Crippen LogP contribution is -2.28. The standard InChI is InChI=1S/C17H16N4O4/c1-23-14-5-4-11(9-18-14)17(22)21-7-6-12(10-21)15-19-16(25-20-15)13-3-2-8-24-13/h2-5,8-9,12H,6-7,10H2,1H3/t12-/m1/s1. The van der Waals surface area contributed by atoms with E-state index in [-0.39, 0.29) is 11.8 Å². The van der Waals surface area contributed by atoms with Gasteiger partial charge in [-0.1, -0.05) is 5.16 Å². The van der Waals surface area contributed by atoms with Gasteiger partial charge in [-0.05, 0) is 24.6 Å². The minimum Gasteiger partial charge on any atom is -0.481 e. The van der Waals surface area contributed by atoms with Gasteiger partial charge < -0.3 is 18.6 Å². The van der Waals surface area contributed by atoms with Crippen LogP contribution in [0.1, 0.15) is 28.5 Å². The van der Waals surface area contributed by atoms with E-state index < -0.39 is 0 Å². The summed E-state index contributed by atoms with van der Waals surface area (Å²) in [5.74, 6) is 1.94. The van der Waals surface area contributed by atoms with Gasteiger partial charge in [0.1, 0.15) is 0 Å². The summed E-state index contributed by atoms with van der Waals surface area (Å²) in [6, 6.07) is 6.91. The predicted octanol–water partition coefficient (Wildman–Crippen LogP) is 2.36. The fraction of sp³-hybridized carbons (Fsp3) is 0.294. The SMILES string of the molecule is COc1ccc(C(=O)N2CC[C@@H](c3noc(-c4ccco4)n3)C2)cn1. The highest BCUT2D eigenvalue weighted by atomic mass is 16.5. The van der Waals surface area contributed by atoms with E-state index in [2.05, 4.69) is 15.1 Å². The third kappa shape index (κ3) is 2.98. The summed E-state index contributed by atoms with van der Waals surface area (Å²) in [6.07, 6.45) is 3.86. The molecule has 1 saturated heterocycles. The van der Waals surface area contributed by atoms with Gasteiger partial charge in [0.05, 0.1) is 18.9 Å². The zero-order chi connectivity index (χ0) is 17.2. The van der Waals surface area contributed by atoms with Crippen molar-refractivity contribution in [3.8, 4) is 17.5 Å². The van der Waals surface area contributed by atoms with Crippen LogP contribution in [0.2, 0.25) is 0 Å². The van der Waals surface area contributed by atoms with E-state index in [1.54, 1.807) is 35.4 Å². The zero-order valence-electron chi connectivity index (χ0n) is 13.6. The molecule has 0 N–H and O–H groups in total. The molecule has 1 aliphatic rings. The highest BCUT2D eigenvalue weighted by molar-refractivity contribution is 5.94. The maximum atomic E-state index is 12.6. The Kier molecular flexibility index (Phi) is 3.93. The molecule has 0 spiro atoms. The Morgan fingerprint density at radius 3 is 3.00 bits per heavy atom. The highest BCUT2D eigenvalue weighted by Gasteiger charge is 2.31. The van der Waals surface area contributed by atoms with Gasteiger partial charge in [0.15, 0.2) is 11.6 Å². The molecule has 4 heterocycles. The second kappa shape index (κ2) is 6.39. The van der Waals surface area contributed by atoms with Gasteiger partial charge >= 0.3 is 0 Å². The van der Waals surface area contributed by atoms with Crippen LogP contribution in [0.5, 0.6) is 5.88 Å². The summed E-state index contributed by atoms with van der Waals surface area (Å²) in [4.78, 5) is 22.8. The van der Waals surface area contributed by atoms with Crippen LogP contribution in [-0.2, 0) is 0 Å². The predicted molar refractivity (Wildman–Crippen MR) is 86.1 cm³/mol. The van der Waals surface area contributed by atoms with Crippen molar-refractivity contribution in [2.75, 3.05) is 20.2 Å². The molecule has 3 aromatic rings. The summed E-state index contributed by atoms with van der Waals surface area (Å²) >= 11 is 0. The quantitative estimate of drug-likeness (QED) is 0.719. The molecule has 8 nitrogen and oxygen atoms in total. The summed E-state index contributed by atoms with van der Waals surface area (Å²) in [7, 11) is 1.54. The molecule has 128 valence electrons. The molecule has 0 bridgehead atoms. The summed E-state index contributed by atoms with van der Waals surface area (Å²) in [6.45, 7) is 1.18. The van der Waals surface area contributed by atoms with Crippen LogP contribution in [0, 0.1) is 0 Å². The summed E-state index contributed by atoms with van der Waals surface area (Å²) in [5.41, 5.74) is 0.533. The Bertz CT molecular complexity index is 857. The van der Waals surface area contributed by atoms with E-state index in [0.29, 0.717) is 42.0 Å². The first-order valence-electron chi connectivity index (χ1n) is 7.91. The number of carbonyl (C=O) groups excluding carboxylic acids is 1. The normalized spacial score (nSPS) is 17.0. The first kappa shape index (κ1) is 15.4. The smallest absolute Gasteiger partial charge is 0.293 e. The molecule has 0 saturated carbocycles. The molecule has 0 aromatic carbocycles. The fourth-order valence-corrected chi connectivity index (χ4v) is 2.87. The van der Waals surface area contributed by atoms with Crippen molar-refractivity contribution in [3.63, 3.8) is 0 Å². The van der Waals surface area contributed by atoms with E-state index in [4.69, 9.17) is 13.7 Å². The van der Waals surface area contributed by atoms with Crippen LogP contribution in [0.25, 0.3) is 11.7 Å². The fourth-order valence-electron chi connectivity index (χ4n) is 2.87. The first-order valence-corrected chi connectivity index (χ1v) is 7.91. The minimum atomic E-state index is -0.0626. The van der Waals surface area contributed by atoms with Crippen LogP contribution in [0.4, 0.5) is 0 Å². The molecule has 4 rings (SSSR count). The Labute approximate surface area is 143 Å². The maximum absolute atomic E-state index is 12.6. The van der Waals surface area contributed by atoms with Crippen LogP contribution >= 0.6 is 0 Å². The molecule has 1 amide bonds. The number of likely N-dealkylation sites (tertiary alicyclic amines) is 1. The van der Waals surface area contributed by atoms with Gasteiger partial charge in [0.25, 0.3) is 11.8 Å². The number of furan rings is 1. The van der Waals surface area contributed by atoms with E-state index >= 15 is 0 Å². The third-order valence-electron chi connectivity index (χ3n) is 4.21. The molecular formula is C17H16N4O4. The summed E-state index contributed by atoms with van der Waals surface area (Å²) < 4.78 is 15.5. The lowest BCUT2D eigenvalue weighted by atomic mass is 10.1. The lowest BCUT2D eigenvalue weighted by molar-refractivity contribution is 0.0790. The number of ether oxygens (including phenoxy) is 1. The van der Waals surface area contributed by atoms with Crippen LogP contribution in [-0.4, -0.2) is 46.1 Å². The number of amides is 1. The van der Waals surface area contributed by atoms with Gasteiger partial charge in [-0.2, -0.15) is 4.98 Å². The van der Waals surface area contributed by atoms with Gasteiger partial charge in [0, 0.05) is 31.3 Å². The molecule has 0 unspecified atom stereocenters. The zero-order valence-corrected chi connectivity index (χ0v) is 13.6. The number of aromatic nitrogens is 3. The minimum absolute atomic E-state index is 0.0441. The Morgan fingerprint density at radius 2 is 2.28 bits per heavy atom. The van der Waals surface area contributed by atoms with Gasteiger partial charge in [-0.3, -0.25) is 4.79 Å². The van der Waals surface area contributed by atoms with E-state index in [0.717, 1.165) is 6.42 Å². The second-order valence-corrected chi connectivity index (χ2v) is 5.76. The average molecular weight is 340 g/mol. The van der Waals surface area contributed by atoms with E-state index in [1.165, 1.54) is 13.3 Å². The number of rotatable bonds is 4. The monoisotopic (exact) mass is 340 g/mol. The average Bonchev–Trinajstić information content (AvgIpc) is 3.41. The Hall–Kier alpha value is -3.16. The molecule has 8 heteroatoms. The molecule has 1 fully saturated rings. The largest absolute Gasteiger partial charge is 0.481 e. The molecule has 0 aliphatic carbocycles. The second-order valence-electron chi connectivity index (χ2n) is 5.76. The van der Waals surface area contributed by atoms with Crippen molar-refractivity contribution in [2.45, 2.75) is 12.3 Å². The number of hydrogen-bond donors (Lipinski definition) is 0. The van der Waals surface area contributed by atoms with E-state index in [9.17, 15) is 4.79 Å².